The number of nitrogens with one attached hydrogen (secondary N) is 1. The van der Waals surface area contributed by atoms with E-state index in [-0.39, 0.29) is 0 Å². The molecular weight excluding hydrogens is 444 g/mol. The highest BCUT2D eigenvalue weighted by Crippen LogP contribution is 2.25. The molecule has 10 heteroatoms. The van der Waals surface area contributed by atoms with Crippen LogP contribution >= 0.6 is 0 Å². The van der Waals surface area contributed by atoms with Gasteiger partial charge >= 0.3 is 0 Å². The average molecular weight is 473 g/mol. The van der Waals surface area contributed by atoms with E-state index in [1.165, 1.54) is 0 Å². The van der Waals surface area contributed by atoms with Gasteiger partial charge in [-0.05, 0) is 30.7 Å². The van der Waals surface area contributed by atoms with Gasteiger partial charge in [-0.1, -0.05) is 0 Å². The van der Waals surface area contributed by atoms with E-state index in [9.17, 15) is 5.26 Å². The van der Waals surface area contributed by atoms with Gasteiger partial charge in [0.2, 0.25) is 5.95 Å². The molecule has 0 amide bonds. The maximum absolute atomic E-state index is 9.76. The van der Waals surface area contributed by atoms with Crippen LogP contribution in [0.25, 0.3) is 11.3 Å². The number of rotatable bonds is 6. The summed E-state index contributed by atoms with van der Waals surface area (Å²) >= 11 is 0. The van der Waals surface area contributed by atoms with Crippen molar-refractivity contribution < 1.29 is 9.47 Å². The molecule has 35 heavy (non-hydrogen) atoms. The van der Waals surface area contributed by atoms with Gasteiger partial charge in [0.1, 0.15) is 11.9 Å². The molecule has 2 aliphatic rings. The highest BCUT2D eigenvalue weighted by Gasteiger charge is 2.17. The summed E-state index contributed by atoms with van der Waals surface area (Å²) in [6.07, 6.45) is 6.16. The van der Waals surface area contributed by atoms with Crippen LogP contribution in [0.4, 0.5) is 17.5 Å². The van der Waals surface area contributed by atoms with Gasteiger partial charge in [-0.3, -0.25) is 9.88 Å². The lowest BCUT2D eigenvalue weighted by Gasteiger charge is -2.26. The Morgan fingerprint density at radius 2 is 1.80 bits per heavy atom. The molecule has 10 nitrogen and oxygen atoms in total. The van der Waals surface area contributed by atoms with Crippen molar-refractivity contribution in [2.24, 2.45) is 0 Å². The minimum Gasteiger partial charge on any atom is -0.380 e. The van der Waals surface area contributed by atoms with Gasteiger partial charge in [-0.25, -0.2) is 15.0 Å². The summed E-state index contributed by atoms with van der Waals surface area (Å²) in [7, 11) is 0. The Kier molecular flexibility index (Phi) is 7.38. The molecule has 0 aromatic carbocycles. The fourth-order valence-electron chi connectivity index (χ4n) is 4.18. The largest absolute Gasteiger partial charge is 0.380 e. The van der Waals surface area contributed by atoms with Gasteiger partial charge in [-0.2, -0.15) is 5.26 Å². The third-order valence-electron chi connectivity index (χ3n) is 6.03. The van der Waals surface area contributed by atoms with E-state index in [4.69, 9.17) is 9.47 Å². The molecule has 3 aromatic rings. The Morgan fingerprint density at radius 1 is 0.943 bits per heavy atom. The lowest BCUT2D eigenvalue weighted by molar-refractivity contribution is 0.0336. The number of anilines is 3. The van der Waals surface area contributed by atoms with Crippen LogP contribution < -0.4 is 10.2 Å². The van der Waals surface area contributed by atoms with Crippen molar-refractivity contribution in [2.45, 2.75) is 13.0 Å². The van der Waals surface area contributed by atoms with Crippen LogP contribution in [0.2, 0.25) is 0 Å². The predicted octanol–water partition coefficient (Wildman–Crippen LogP) is 2.61. The van der Waals surface area contributed by atoms with E-state index in [0.717, 1.165) is 75.9 Å². The van der Waals surface area contributed by atoms with Crippen molar-refractivity contribution in [3.63, 3.8) is 0 Å². The van der Waals surface area contributed by atoms with Crippen molar-refractivity contribution in [3.8, 4) is 17.3 Å². The van der Waals surface area contributed by atoms with E-state index in [0.29, 0.717) is 29.6 Å². The fourth-order valence-corrected chi connectivity index (χ4v) is 4.18. The third kappa shape index (κ3) is 5.89. The number of ether oxygens (including phenoxy) is 2. The van der Waals surface area contributed by atoms with E-state index >= 15 is 0 Å². The van der Waals surface area contributed by atoms with Crippen molar-refractivity contribution in [1.29, 1.82) is 5.26 Å². The van der Waals surface area contributed by atoms with Crippen LogP contribution in [0.15, 0.2) is 42.9 Å². The van der Waals surface area contributed by atoms with Crippen LogP contribution in [0.5, 0.6) is 0 Å². The Hall–Kier alpha value is -3.65. The number of nitriles is 1. The number of pyridine rings is 2. The predicted molar refractivity (Wildman–Crippen MR) is 131 cm³/mol. The second kappa shape index (κ2) is 11.2. The van der Waals surface area contributed by atoms with Gasteiger partial charge < -0.3 is 19.7 Å². The topological polar surface area (TPSA) is 112 Å². The SMILES string of the molecule is N#Cc1cc(-c2ccnc(Nc3ccc(CN4CCOCC4)nc3)n2)cnc1N1CCCOCC1. The molecule has 0 atom stereocenters. The summed E-state index contributed by atoms with van der Waals surface area (Å²) in [4.78, 5) is 22.6. The zero-order valence-electron chi connectivity index (χ0n) is 19.6. The molecule has 1 N–H and O–H groups in total. The van der Waals surface area contributed by atoms with Gasteiger partial charge in [0.15, 0.2) is 0 Å². The number of hydrogen-bond acceptors (Lipinski definition) is 10. The Labute approximate surface area is 204 Å². The number of morpholine rings is 1. The first-order valence-electron chi connectivity index (χ1n) is 11.9. The molecule has 2 saturated heterocycles. The van der Waals surface area contributed by atoms with Crippen LogP contribution in [0.3, 0.4) is 0 Å². The summed E-state index contributed by atoms with van der Waals surface area (Å²) in [5.74, 6) is 1.15. The quantitative estimate of drug-likeness (QED) is 0.574. The Morgan fingerprint density at radius 3 is 2.63 bits per heavy atom. The summed E-state index contributed by atoms with van der Waals surface area (Å²) < 4.78 is 10.9. The van der Waals surface area contributed by atoms with Gasteiger partial charge in [-0.15, -0.1) is 0 Å². The van der Waals surface area contributed by atoms with Crippen molar-refractivity contribution >= 4 is 17.5 Å². The Balaban J connectivity index is 1.28. The lowest BCUT2D eigenvalue weighted by Crippen LogP contribution is -2.35. The maximum atomic E-state index is 9.76. The highest BCUT2D eigenvalue weighted by atomic mass is 16.5. The van der Waals surface area contributed by atoms with E-state index in [2.05, 4.69) is 41.1 Å². The van der Waals surface area contributed by atoms with Crippen molar-refractivity contribution in [3.05, 3.63) is 54.1 Å². The number of nitrogens with zero attached hydrogens (tertiary/aromatic N) is 7. The summed E-state index contributed by atoms with van der Waals surface area (Å²) in [5, 5.41) is 13.0. The molecule has 2 aliphatic heterocycles. The molecule has 3 aromatic heterocycles. The zero-order chi connectivity index (χ0) is 23.9. The third-order valence-corrected chi connectivity index (χ3v) is 6.03. The summed E-state index contributed by atoms with van der Waals surface area (Å²) in [6.45, 7) is 7.13. The first kappa shape index (κ1) is 23.1. The number of aromatic nitrogens is 4. The normalized spacial score (nSPS) is 16.9. The molecule has 0 aliphatic carbocycles. The van der Waals surface area contributed by atoms with Crippen LogP contribution in [0.1, 0.15) is 17.7 Å². The molecule has 0 spiro atoms. The average Bonchev–Trinajstić information content (AvgIpc) is 3.20. The second-order valence-electron chi connectivity index (χ2n) is 8.48. The van der Waals surface area contributed by atoms with Gasteiger partial charge in [0.05, 0.1) is 48.7 Å². The molecule has 2 fully saturated rings. The standard InChI is InChI=1S/C25H28N8O2/c26-15-19-14-20(16-29-24(19)33-6-1-10-34-13-9-33)23-4-5-27-25(31-23)30-21-2-3-22(28-17-21)18-32-7-11-35-12-8-32/h2-5,14,16-17H,1,6-13,18H2,(H,27,30,31). The Bertz CT molecular complexity index is 1170. The van der Waals surface area contributed by atoms with Gasteiger partial charge in [0, 0.05) is 57.3 Å². The van der Waals surface area contributed by atoms with E-state index in [1.807, 2.05) is 24.3 Å². The smallest absolute Gasteiger partial charge is 0.227 e. The molecule has 180 valence electrons. The van der Waals surface area contributed by atoms with Crippen LogP contribution in [0, 0.1) is 11.3 Å². The minimum absolute atomic E-state index is 0.456. The van der Waals surface area contributed by atoms with Crippen molar-refractivity contribution in [1.82, 2.24) is 24.8 Å². The molecule has 0 radical (unpaired) electrons. The lowest BCUT2D eigenvalue weighted by atomic mass is 10.1. The maximum Gasteiger partial charge on any atom is 0.227 e. The summed E-state index contributed by atoms with van der Waals surface area (Å²) in [6, 6.07) is 9.93. The fraction of sp³-hybridized carbons (Fsp3) is 0.400. The van der Waals surface area contributed by atoms with Gasteiger partial charge in [0.25, 0.3) is 0 Å². The molecule has 5 rings (SSSR count). The first-order chi connectivity index (χ1) is 17.3. The number of hydrogen-bond donors (Lipinski definition) is 1. The monoisotopic (exact) mass is 472 g/mol. The highest BCUT2D eigenvalue weighted by molar-refractivity contribution is 5.67. The van der Waals surface area contributed by atoms with Crippen LogP contribution in [-0.4, -0.2) is 77.4 Å². The second-order valence-corrected chi connectivity index (χ2v) is 8.48. The van der Waals surface area contributed by atoms with Crippen LogP contribution in [-0.2, 0) is 16.0 Å². The minimum atomic E-state index is 0.456. The van der Waals surface area contributed by atoms with Crippen molar-refractivity contribution in [2.75, 3.05) is 62.8 Å². The molecular formula is C25H28N8O2. The summed E-state index contributed by atoms with van der Waals surface area (Å²) in [5.41, 5.74) is 3.80. The molecule has 0 saturated carbocycles. The molecule has 5 heterocycles. The van der Waals surface area contributed by atoms with E-state index in [1.54, 1.807) is 18.6 Å². The van der Waals surface area contributed by atoms with E-state index < -0.39 is 0 Å². The molecule has 0 unspecified atom stereocenters. The zero-order valence-corrected chi connectivity index (χ0v) is 19.6. The molecule has 0 bridgehead atoms. The first-order valence-corrected chi connectivity index (χ1v) is 11.9.